The standard InChI is InChI=1S/C18H19N5O/c1-12-11-15(21-13(2)20-12)18(24)22-16(14-7-5-4-6-8-14)17-19-9-10-23(17)3/h4-11,16H,1-3H3,(H,22,24)/t16-/m1/s1. The van der Waals surface area contributed by atoms with Gasteiger partial charge in [0.2, 0.25) is 0 Å². The molecule has 1 atom stereocenters. The van der Waals surface area contributed by atoms with Crippen LogP contribution in [-0.4, -0.2) is 25.4 Å². The van der Waals surface area contributed by atoms with E-state index in [1.807, 2.05) is 55.1 Å². The van der Waals surface area contributed by atoms with Crippen molar-refractivity contribution in [3.8, 4) is 0 Å². The van der Waals surface area contributed by atoms with Crippen molar-refractivity contribution in [3.05, 3.63) is 77.4 Å². The summed E-state index contributed by atoms with van der Waals surface area (Å²) >= 11 is 0. The van der Waals surface area contributed by atoms with Gasteiger partial charge in [0, 0.05) is 25.1 Å². The number of aromatic nitrogens is 4. The molecule has 1 amide bonds. The van der Waals surface area contributed by atoms with Gasteiger partial charge >= 0.3 is 0 Å². The van der Waals surface area contributed by atoms with Crippen molar-refractivity contribution < 1.29 is 4.79 Å². The minimum atomic E-state index is -0.353. The van der Waals surface area contributed by atoms with Crippen molar-refractivity contribution in [2.45, 2.75) is 19.9 Å². The van der Waals surface area contributed by atoms with Crippen LogP contribution < -0.4 is 5.32 Å². The second-order valence-electron chi connectivity index (χ2n) is 5.66. The Bertz CT molecular complexity index is 837. The predicted octanol–water partition coefficient (Wildman–Crippen LogP) is 2.35. The third kappa shape index (κ3) is 3.32. The van der Waals surface area contributed by atoms with Gasteiger partial charge in [-0.25, -0.2) is 15.0 Å². The molecule has 0 aliphatic carbocycles. The lowest BCUT2D eigenvalue weighted by molar-refractivity contribution is 0.0935. The summed E-state index contributed by atoms with van der Waals surface area (Å²) in [5.74, 6) is 1.09. The fourth-order valence-electron chi connectivity index (χ4n) is 2.64. The molecule has 24 heavy (non-hydrogen) atoms. The first kappa shape index (κ1) is 15.9. The number of carbonyl (C=O) groups is 1. The summed E-state index contributed by atoms with van der Waals surface area (Å²) in [5, 5.41) is 3.03. The fraction of sp³-hybridized carbons (Fsp3) is 0.222. The average molecular weight is 321 g/mol. The Morgan fingerprint density at radius 2 is 1.92 bits per heavy atom. The molecule has 0 aliphatic rings. The lowest BCUT2D eigenvalue weighted by atomic mass is 10.1. The van der Waals surface area contributed by atoms with Gasteiger partial charge in [0.15, 0.2) is 0 Å². The lowest BCUT2D eigenvalue weighted by Crippen LogP contribution is -2.32. The lowest BCUT2D eigenvalue weighted by Gasteiger charge is -2.19. The zero-order chi connectivity index (χ0) is 17.1. The summed E-state index contributed by atoms with van der Waals surface area (Å²) in [6.45, 7) is 3.62. The maximum absolute atomic E-state index is 12.7. The summed E-state index contributed by atoms with van der Waals surface area (Å²) in [7, 11) is 1.91. The van der Waals surface area contributed by atoms with Crippen LogP contribution in [0.25, 0.3) is 0 Å². The van der Waals surface area contributed by atoms with E-state index in [0.717, 1.165) is 17.1 Å². The van der Waals surface area contributed by atoms with Crippen LogP contribution in [0.15, 0.2) is 48.8 Å². The molecule has 3 aromatic rings. The Balaban J connectivity index is 1.95. The molecule has 0 unspecified atom stereocenters. The van der Waals surface area contributed by atoms with Gasteiger partial charge in [-0.15, -0.1) is 0 Å². The normalized spacial score (nSPS) is 12.0. The molecule has 0 saturated carbocycles. The topological polar surface area (TPSA) is 72.7 Å². The number of imidazole rings is 1. The number of benzene rings is 1. The van der Waals surface area contributed by atoms with Crippen LogP contribution in [0.5, 0.6) is 0 Å². The number of nitrogens with one attached hydrogen (secondary N) is 1. The molecule has 0 spiro atoms. The minimum absolute atomic E-state index is 0.250. The van der Waals surface area contributed by atoms with Gasteiger partial charge < -0.3 is 9.88 Å². The second kappa shape index (κ2) is 6.62. The highest BCUT2D eigenvalue weighted by Gasteiger charge is 2.22. The highest BCUT2D eigenvalue weighted by atomic mass is 16.2. The number of nitrogens with zero attached hydrogens (tertiary/aromatic N) is 4. The van der Waals surface area contributed by atoms with Crippen molar-refractivity contribution in [3.63, 3.8) is 0 Å². The average Bonchev–Trinajstić information content (AvgIpc) is 2.98. The van der Waals surface area contributed by atoms with Gasteiger partial charge in [-0.3, -0.25) is 4.79 Å². The summed E-state index contributed by atoms with van der Waals surface area (Å²) < 4.78 is 1.90. The first-order valence-corrected chi connectivity index (χ1v) is 7.70. The van der Waals surface area contributed by atoms with E-state index in [2.05, 4.69) is 20.3 Å². The molecule has 0 aliphatic heterocycles. The number of rotatable bonds is 4. The summed E-state index contributed by atoms with van der Waals surface area (Å²) in [6.07, 6.45) is 3.58. The molecule has 2 heterocycles. The SMILES string of the molecule is Cc1cc(C(=O)N[C@H](c2ccccc2)c2nccn2C)nc(C)n1. The smallest absolute Gasteiger partial charge is 0.270 e. The zero-order valence-electron chi connectivity index (χ0n) is 13.9. The van der Waals surface area contributed by atoms with Gasteiger partial charge in [0.05, 0.1) is 0 Å². The van der Waals surface area contributed by atoms with Crippen LogP contribution in [0, 0.1) is 13.8 Å². The highest BCUT2D eigenvalue weighted by Crippen LogP contribution is 2.20. The zero-order valence-corrected chi connectivity index (χ0v) is 13.9. The van der Waals surface area contributed by atoms with Gasteiger partial charge in [0.25, 0.3) is 5.91 Å². The molecule has 6 heteroatoms. The van der Waals surface area contributed by atoms with Crippen LogP contribution in [0.2, 0.25) is 0 Å². The van der Waals surface area contributed by atoms with E-state index in [9.17, 15) is 4.79 Å². The Labute approximate surface area is 140 Å². The monoisotopic (exact) mass is 321 g/mol. The molecule has 3 rings (SSSR count). The molecule has 6 nitrogen and oxygen atoms in total. The summed E-state index contributed by atoms with van der Waals surface area (Å²) in [6, 6.07) is 11.1. The van der Waals surface area contributed by atoms with Gasteiger partial charge in [-0.2, -0.15) is 0 Å². The van der Waals surface area contributed by atoms with Crippen molar-refractivity contribution >= 4 is 5.91 Å². The summed E-state index contributed by atoms with van der Waals surface area (Å²) in [5.41, 5.74) is 2.08. The largest absolute Gasteiger partial charge is 0.337 e. The highest BCUT2D eigenvalue weighted by molar-refractivity contribution is 5.92. The third-order valence-electron chi connectivity index (χ3n) is 3.72. The van der Waals surface area contributed by atoms with Crippen LogP contribution in [0.3, 0.4) is 0 Å². The Morgan fingerprint density at radius 3 is 2.54 bits per heavy atom. The Hall–Kier alpha value is -3.02. The van der Waals surface area contributed by atoms with Gasteiger partial charge in [-0.05, 0) is 25.5 Å². The van der Waals surface area contributed by atoms with Gasteiger partial charge in [0.1, 0.15) is 23.4 Å². The van der Waals surface area contributed by atoms with Crippen molar-refractivity contribution in [1.29, 1.82) is 0 Å². The maximum Gasteiger partial charge on any atom is 0.270 e. The third-order valence-corrected chi connectivity index (χ3v) is 3.72. The van der Waals surface area contributed by atoms with Crippen molar-refractivity contribution in [2.24, 2.45) is 7.05 Å². The molecular formula is C18H19N5O. The van der Waals surface area contributed by atoms with E-state index in [1.54, 1.807) is 19.2 Å². The molecule has 1 aromatic carbocycles. The van der Waals surface area contributed by atoms with Crippen LogP contribution >= 0.6 is 0 Å². The van der Waals surface area contributed by atoms with E-state index in [0.29, 0.717) is 11.5 Å². The first-order chi connectivity index (χ1) is 11.5. The number of hydrogen-bond acceptors (Lipinski definition) is 4. The molecule has 0 saturated heterocycles. The van der Waals surface area contributed by atoms with Crippen molar-refractivity contribution in [1.82, 2.24) is 24.8 Å². The quantitative estimate of drug-likeness (QED) is 0.800. The maximum atomic E-state index is 12.7. The van der Waals surface area contributed by atoms with Crippen LogP contribution in [0.1, 0.15) is 39.4 Å². The number of carbonyl (C=O) groups excluding carboxylic acids is 1. The Kier molecular flexibility index (Phi) is 4.37. The molecule has 122 valence electrons. The first-order valence-electron chi connectivity index (χ1n) is 7.70. The second-order valence-corrected chi connectivity index (χ2v) is 5.66. The Morgan fingerprint density at radius 1 is 1.17 bits per heavy atom. The number of amides is 1. The molecule has 0 fully saturated rings. The molecular weight excluding hydrogens is 302 g/mol. The van der Waals surface area contributed by atoms with E-state index in [-0.39, 0.29) is 11.9 Å². The molecule has 1 N–H and O–H groups in total. The van der Waals surface area contributed by atoms with Gasteiger partial charge in [-0.1, -0.05) is 30.3 Å². The van der Waals surface area contributed by atoms with Crippen LogP contribution in [0.4, 0.5) is 0 Å². The molecule has 0 bridgehead atoms. The van der Waals surface area contributed by atoms with E-state index in [4.69, 9.17) is 0 Å². The van der Waals surface area contributed by atoms with Crippen LogP contribution in [-0.2, 0) is 7.05 Å². The van der Waals surface area contributed by atoms with E-state index >= 15 is 0 Å². The number of aryl methyl sites for hydroxylation is 3. The fourth-order valence-corrected chi connectivity index (χ4v) is 2.64. The molecule has 0 radical (unpaired) electrons. The van der Waals surface area contributed by atoms with E-state index < -0.39 is 0 Å². The minimum Gasteiger partial charge on any atom is -0.337 e. The van der Waals surface area contributed by atoms with Crippen molar-refractivity contribution in [2.75, 3.05) is 0 Å². The predicted molar refractivity (Wildman–Crippen MR) is 90.5 cm³/mol. The van der Waals surface area contributed by atoms with E-state index in [1.165, 1.54) is 0 Å². The molecule has 2 aromatic heterocycles. The number of hydrogen-bond donors (Lipinski definition) is 1. The summed E-state index contributed by atoms with van der Waals surface area (Å²) in [4.78, 5) is 25.5.